The second-order valence-electron chi connectivity index (χ2n) is 10.6. The van der Waals surface area contributed by atoms with Crippen molar-refractivity contribution in [3.8, 4) is 22.4 Å². The largest absolute Gasteiger partial charge is 0.388 e. The van der Waals surface area contributed by atoms with Crippen molar-refractivity contribution < 1.29 is 5.11 Å². The highest BCUT2D eigenvalue weighted by molar-refractivity contribution is 7.08. The fourth-order valence-electron chi connectivity index (χ4n) is 5.46. The van der Waals surface area contributed by atoms with E-state index in [0.717, 1.165) is 39.5 Å². The molecule has 1 aliphatic heterocycles. The van der Waals surface area contributed by atoms with Crippen LogP contribution in [0.4, 0.5) is 0 Å². The standard InChI is InChI=1S/C30H31ClN6O2S/c1-35-28(21-4-2-20(15-32)3-5-21)26-27(34-35)29(38)37(19-33-26)18-30(39)9-11-36(12-10-30)16-23-7-6-22(14-25(23)31)24-8-13-40-17-24/h2-8,13-14,17,19,39H,9-12,15-16,18,32H2,1H3. The fourth-order valence-corrected chi connectivity index (χ4v) is 6.36. The molecule has 40 heavy (non-hydrogen) atoms. The van der Waals surface area contributed by atoms with Gasteiger partial charge in [0.15, 0.2) is 5.52 Å². The van der Waals surface area contributed by atoms with Crippen molar-refractivity contribution in [1.29, 1.82) is 0 Å². The number of likely N-dealkylation sites (tertiary alicyclic amines) is 1. The van der Waals surface area contributed by atoms with Crippen LogP contribution in [0.1, 0.15) is 24.0 Å². The van der Waals surface area contributed by atoms with E-state index >= 15 is 0 Å². The Kier molecular flexibility index (Phi) is 7.33. The second kappa shape index (κ2) is 10.9. The molecule has 1 fully saturated rings. The van der Waals surface area contributed by atoms with Crippen LogP contribution in [-0.2, 0) is 26.7 Å². The van der Waals surface area contributed by atoms with Crippen molar-refractivity contribution in [2.75, 3.05) is 13.1 Å². The van der Waals surface area contributed by atoms with Gasteiger partial charge in [0.1, 0.15) is 5.52 Å². The number of aryl methyl sites for hydroxylation is 1. The molecule has 3 aromatic heterocycles. The molecule has 4 heterocycles. The van der Waals surface area contributed by atoms with Crippen LogP contribution in [0.25, 0.3) is 33.4 Å². The molecule has 1 saturated heterocycles. The molecular formula is C30H31ClN6O2S. The maximum Gasteiger partial charge on any atom is 0.281 e. The van der Waals surface area contributed by atoms with E-state index < -0.39 is 5.60 Å². The molecule has 0 saturated carbocycles. The number of aromatic nitrogens is 4. The number of benzene rings is 2. The molecule has 0 radical (unpaired) electrons. The van der Waals surface area contributed by atoms with Crippen LogP contribution in [0.2, 0.25) is 5.02 Å². The van der Waals surface area contributed by atoms with Crippen LogP contribution in [0.5, 0.6) is 0 Å². The van der Waals surface area contributed by atoms with Crippen molar-refractivity contribution in [2.24, 2.45) is 12.8 Å². The van der Waals surface area contributed by atoms with Gasteiger partial charge >= 0.3 is 0 Å². The molecule has 0 unspecified atom stereocenters. The number of piperidine rings is 1. The number of fused-ring (bicyclic) bond motifs is 1. The zero-order valence-electron chi connectivity index (χ0n) is 22.3. The van der Waals surface area contributed by atoms with Crippen LogP contribution in [0.15, 0.2) is 70.4 Å². The molecule has 5 aromatic rings. The van der Waals surface area contributed by atoms with E-state index in [4.69, 9.17) is 17.3 Å². The van der Waals surface area contributed by atoms with E-state index in [1.807, 2.05) is 37.4 Å². The van der Waals surface area contributed by atoms with Crippen molar-refractivity contribution >= 4 is 34.0 Å². The Balaban J connectivity index is 1.14. The van der Waals surface area contributed by atoms with Crippen LogP contribution in [-0.4, -0.2) is 48.0 Å². The maximum atomic E-state index is 13.4. The number of rotatable bonds is 7. The monoisotopic (exact) mass is 574 g/mol. The molecule has 0 amide bonds. The highest BCUT2D eigenvalue weighted by Crippen LogP contribution is 2.31. The summed E-state index contributed by atoms with van der Waals surface area (Å²) >= 11 is 8.30. The summed E-state index contributed by atoms with van der Waals surface area (Å²) in [4.78, 5) is 20.3. The predicted molar refractivity (Wildman–Crippen MR) is 160 cm³/mol. The zero-order valence-corrected chi connectivity index (χ0v) is 23.8. The lowest BCUT2D eigenvalue weighted by atomic mass is 9.91. The van der Waals surface area contributed by atoms with E-state index in [1.165, 1.54) is 16.5 Å². The molecule has 2 aromatic carbocycles. The maximum absolute atomic E-state index is 13.4. The molecule has 0 atom stereocenters. The lowest BCUT2D eigenvalue weighted by Crippen LogP contribution is -2.47. The molecule has 1 aliphatic rings. The quantitative estimate of drug-likeness (QED) is 0.293. The topological polar surface area (TPSA) is 102 Å². The lowest BCUT2D eigenvalue weighted by molar-refractivity contribution is -0.0364. The van der Waals surface area contributed by atoms with E-state index in [0.29, 0.717) is 43.5 Å². The molecule has 206 valence electrons. The molecule has 0 aliphatic carbocycles. The van der Waals surface area contributed by atoms with Gasteiger partial charge in [0, 0.05) is 43.8 Å². The summed E-state index contributed by atoms with van der Waals surface area (Å²) < 4.78 is 3.18. The normalized spacial score (nSPS) is 15.6. The number of hydrogen-bond donors (Lipinski definition) is 2. The van der Waals surface area contributed by atoms with E-state index in [9.17, 15) is 9.90 Å². The average molecular weight is 575 g/mol. The number of thiophene rings is 1. The summed E-state index contributed by atoms with van der Waals surface area (Å²) in [6, 6.07) is 16.2. The Morgan fingerprint density at radius 1 is 1.05 bits per heavy atom. The lowest BCUT2D eigenvalue weighted by Gasteiger charge is -2.38. The number of nitrogens with two attached hydrogens (primary N) is 1. The molecular weight excluding hydrogens is 544 g/mol. The van der Waals surface area contributed by atoms with Gasteiger partial charge in [0.05, 0.1) is 24.2 Å². The number of nitrogens with zero attached hydrogens (tertiary/aromatic N) is 5. The van der Waals surface area contributed by atoms with Crippen molar-refractivity contribution in [2.45, 2.75) is 38.1 Å². The van der Waals surface area contributed by atoms with Gasteiger partial charge in [-0.1, -0.05) is 48.0 Å². The average Bonchev–Trinajstić information content (AvgIpc) is 3.61. The summed E-state index contributed by atoms with van der Waals surface area (Å²) in [5.74, 6) is 0. The minimum absolute atomic E-state index is 0.176. The molecule has 6 rings (SSSR count). The third-order valence-corrected chi connectivity index (χ3v) is 8.86. The minimum Gasteiger partial charge on any atom is -0.388 e. The summed E-state index contributed by atoms with van der Waals surface area (Å²) in [6.45, 7) is 2.77. The van der Waals surface area contributed by atoms with Gasteiger partial charge in [-0.25, -0.2) is 4.98 Å². The number of aliphatic hydroxyl groups is 1. The third kappa shape index (κ3) is 5.23. The minimum atomic E-state index is -1.00. The Morgan fingerprint density at radius 2 is 1.80 bits per heavy atom. The number of halogens is 1. The Morgan fingerprint density at radius 3 is 2.48 bits per heavy atom. The fraction of sp³-hybridized carbons (Fsp3) is 0.300. The van der Waals surface area contributed by atoms with Crippen molar-refractivity contribution in [3.05, 3.63) is 92.1 Å². The van der Waals surface area contributed by atoms with Crippen molar-refractivity contribution in [3.63, 3.8) is 0 Å². The molecule has 8 nitrogen and oxygen atoms in total. The smallest absolute Gasteiger partial charge is 0.281 e. The van der Waals surface area contributed by atoms with Gasteiger partial charge in [0.25, 0.3) is 5.56 Å². The number of hydrogen-bond acceptors (Lipinski definition) is 7. The van der Waals surface area contributed by atoms with E-state index in [-0.39, 0.29) is 12.1 Å². The SMILES string of the molecule is Cn1nc2c(=O)n(CC3(O)CCN(Cc4ccc(-c5ccsc5)cc4Cl)CC3)cnc2c1-c1ccc(CN)cc1. The highest BCUT2D eigenvalue weighted by Gasteiger charge is 2.33. The van der Waals surface area contributed by atoms with Crippen LogP contribution in [0.3, 0.4) is 0 Å². The van der Waals surface area contributed by atoms with Crippen LogP contribution >= 0.6 is 22.9 Å². The Bertz CT molecular complexity index is 1700. The van der Waals surface area contributed by atoms with Crippen LogP contribution in [0, 0.1) is 0 Å². The summed E-state index contributed by atoms with van der Waals surface area (Å²) in [5.41, 5.74) is 11.4. The summed E-state index contributed by atoms with van der Waals surface area (Å²) in [5, 5.41) is 20.8. The van der Waals surface area contributed by atoms with Gasteiger partial charge in [0.2, 0.25) is 0 Å². The summed E-state index contributed by atoms with van der Waals surface area (Å²) in [7, 11) is 1.81. The van der Waals surface area contributed by atoms with Gasteiger partial charge in [-0.15, -0.1) is 0 Å². The van der Waals surface area contributed by atoms with Gasteiger partial charge in [-0.05, 0) is 58.0 Å². The Labute approximate surface area is 241 Å². The van der Waals surface area contributed by atoms with Gasteiger partial charge in [-0.3, -0.25) is 18.9 Å². The molecule has 0 spiro atoms. The molecule has 3 N–H and O–H groups in total. The predicted octanol–water partition coefficient (Wildman–Crippen LogP) is 4.66. The van der Waals surface area contributed by atoms with E-state index in [2.05, 4.69) is 43.9 Å². The van der Waals surface area contributed by atoms with Gasteiger partial charge < -0.3 is 10.8 Å². The Hall–Kier alpha value is -3.34. The van der Waals surface area contributed by atoms with Gasteiger partial charge in [-0.2, -0.15) is 16.4 Å². The first-order chi connectivity index (χ1) is 19.3. The second-order valence-corrected chi connectivity index (χ2v) is 11.8. The van der Waals surface area contributed by atoms with Crippen molar-refractivity contribution in [1.82, 2.24) is 24.2 Å². The first-order valence-corrected chi connectivity index (χ1v) is 14.6. The molecule has 10 heteroatoms. The van der Waals surface area contributed by atoms with Crippen LogP contribution < -0.4 is 11.3 Å². The molecule has 0 bridgehead atoms. The first-order valence-electron chi connectivity index (χ1n) is 13.3. The third-order valence-electron chi connectivity index (χ3n) is 7.83. The summed E-state index contributed by atoms with van der Waals surface area (Å²) in [6.07, 6.45) is 2.62. The highest BCUT2D eigenvalue weighted by atomic mass is 35.5. The zero-order chi connectivity index (χ0) is 27.9. The first kappa shape index (κ1) is 26.9. The van der Waals surface area contributed by atoms with E-state index in [1.54, 1.807) is 16.0 Å².